The van der Waals surface area contributed by atoms with Gasteiger partial charge in [0, 0.05) is 43.5 Å². The molecule has 3 N–H and O–H groups in total. The van der Waals surface area contributed by atoms with Gasteiger partial charge in [-0.25, -0.2) is 0 Å². The summed E-state index contributed by atoms with van der Waals surface area (Å²) in [5.41, 5.74) is -0.584. The van der Waals surface area contributed by atoms with Crippen molar-refractivity contribution in [1.29, 1.82) is 0 Å². The van der Waals surface area contributed by atoms with E-state index in [0.717, 1.165) is 4.90 Å². The highest BCUT2D eigenvalue weighted by atomic mass is 16.6. The molecule has 5 amide bonds. The molecule has 1 heterocycles. The van der Waals surface area contributed by atoms with E-state index in [1.807, 2.05) is 13.8 Å². The van der Waals surface area contributed by atoms with E-state index in [9.17, 15) is 28.8 Å². The highest BCUT2D eigenvalue weighted by Crippen LogP contribution is 2.17. The van der Waals surface area contributed by atoms with Crippen molar-refractivity contribution in [3.63, 3.8) is 0 Å². The smallest absolute Gasteiger partial charge is 0.253 e. The fourth-order valence-corrected chi connectivity index (χ4v) is 3.94. The minimum Gasteiger partial charge on any atom is -0.379 e. The summed E-state index contributed by atoms with van der Waals surface area (Å²) in [4.78, 5) is 73.1. The molecule has 250 valence electrons. The van der Waals surface area contributed by atoms with E-state index in [4.69, 9.17) is 18.9 Å². The fourth-order valence-electron chi connectivity index (χ4n) is 3.94. The van der Waals surface area contributed by atoms with Crippen LogP contribution in [0.5, 0.6) is 0 Å². The van der Waals surface area contributed by atoms with E-state index in [-0.39, 0.29) is 49.5 Å². The summed E-state index contributed by atoms with van der Waals surface area (Å²) < 4.78 is 21.6. The Morgan fingerprint density at radius 1 is 0.727 bits per heavy atom. The number of hydrogen-bond donors (Lipinski definition) is 3. The molecule has 0 unspecified atom stereocenters. The highest BCUT2D eigenvalue weighted by molar-refractivity contribution is 6.13. The zero-order chi connectivity index (χ0) is 33.1. The molecule has 0 spiro atoms. The summed E-state index contributed by atoms with van der Waals surface area (Å²) in [5.74, 6) is -2.07. The van der Waals surface area contributed by atoms with Gasteiger partial charge in [0.25, 0.3) is 11.8 Å². The number of ketones is 1. The number of imide groups is 1. The van der Waals surface area contributed by atoms with Crippen LogP contribution < -0.4 is 16.0 Å². The molecular weight excluding hydrogens is 576 g/mol. The van der Waals surface area contributed by atoms with E-state index < -0.39 is 35.2 Å². The molecule has 0 saturated heterocycles. The molecule has 0 aromatic carbocycles. The predicted molar refractivity (Wildman–Crippen MR) is 160 cm³/mol. The standard InChI is InChI=1S/C30H50N4O10/c1-21(2)27(29(40)32-22(3)28(39)30(4,5)6)33-24(36)10-13-41-15-17-43-19-20-44-18-16-42-14-11-31-23(35)9-12-34-25(37)7-8-26(34)38/h7-8,21-22,27H,9-20H2,1-6H3,(H,31,35)(H,32,40)(H,33,36)/t22-,27-/m0/s1. The monoisotopic (exact) mass is 626 g/mol. The third-order valence-corrected chi connectivity index (χ3v) is 6.38. The Hall–Kier alpha value is -3.20. The van der Waals surface area contributed by atoms with Crippen LogP contribution in [0.15, 0.2) is 12.2 Å². The van der Waals surface area contributed by atoms with Crippen molar-refractivity contribution < 1.29 is 47.7 Å². The predicted octanol–water partition coefficient (Wildman–Crippen LogP) is 0.135. The minimum atomic E-state index is -0.761. The van der Waals surface area contributed by atoms with E-state index in [2.05, 4.69) is 16.0 Å². The fraction of sp³-hybridized carbons (Fsp3) is 0.733. The van der Waals surface area contributed by atoms with Crippen LogP contribution >= 0.6 is 0 Å². The summed E-state index contributed by atoms with van der Waals surface area (Å²) in [5, 5.41) is 8.09. The van der Waals surface area contributed by atoms with Gasteiger partial charge in [-0.15, -0.1) is 0 Å². The molecular formula is C30H50N4O10. The van der Waals surface area contributed by atoms with Crippen LogP contribution in [0, 0.1) is 11.3 Å². The van der Waals surface area contributed by atoms with Crippen LogP contribution in [0.1, 0.15) is 54.4 Å². The van der Waals surface area contributed by atoms with Gasteiger partial charge < -0.3 is 34.9 Å². The lowest BCUT2D eigenvalue weighted by Crippen LogP contribution is -2.54. The minimum absolute atomic E-state index is 0.0316. The summed E-state index contributed by atoms with van der Waals surface area (Å²) in [6.45, 7) is 13.5. The molecule has 1 rings (SSSR count). The second-order valence-corrected chi connectivity index (χ2v) is 11.6. The maximum Gasteiger partial charge on any atom is 0.253 e. The van der Waals surface area contributed by atoms with Gasteiger partial charge in [0.05, 0.1) is 58.9 Å². The normalized spacial score (nSPS) is 14.6. The highest BCUT2D eigenvalue weighted by Gasteiger charge is 2.31. The first-order valence-corrected chi connectivity index (χ1v) is 15.0. The SMILES string of the molecule is CC(C)[C@H](NC(=O)CCOCCOCCOCCOCCNC(=O)CCN1C(=O)C=CC1=O)C(=O)N[C@@H](C)C(=O)C(C)(C)C. The first-order valence-electron chi connectivity index (χ1n) is 15.0. The summed E-state index contributed by atoms with van der Waals surface area (Å²) >= 11 is 0. The number of rotatable bonds is 23. The maximum absolute atomic E-state index is 12.7. The van der Waals surface area contributed by atoms with E-state index in [0.29, 0.717) is 52.8 Å². The van der Waals surface area contributed by atoms with Crippen molar-refractivity contribution >= 4 is 35.3 Å². The van der Waals surface area contributed by atoms with Crippen molar-refractivity contribution in [2.45, 2.75) is 66.5 Å². The maximum atomic E-state index is 12.7. The second kappa shape index (κ2) is 20.7. The molecule has 0 fully saturated rings. The average Bonchev–Trinajstić information content (AvgIpc) is 3.27. The Kier molecular flexibility index (Phi) is 18.3. The van der Waals surface area contributed by atoms with Crippen LogP contribution in [0.2, 0.25) is 0 Å². The number of Topliss-reactive ketones (excluding diaryl/α,β-unsaturated/α-hetero) is 1. The summed E-state index contributed by atoms with van der Waals surface area (Å²) in [6.07, 6.45) is 2.47. The first-order chi connectivity index (χ1) is 20.7. The molecule has 2 atom stereocenters. The zero-order valence-corrected chi connectivity index (χ0v) is 26.9. The van der Waals surface area contributed by atoms with Gasteiger partial charge in [0.2, 0.25) is 17.7 Å². The molecule has 44 heavy (non-hydrogen) atoms. The summed E-state index contributed by atoms with van der Waals surface area (Å²) in [6, 6.07) is -1.42. The Morgan fingerprint density at radius 2 is 1.23 bits per heavy atom. The van der Waals surface area contributed by atoms with E-state index >= 15 is 0 Å². The molecule has 14 nitrogen and oxygen atoms in total. The van der Waals surface area contributed by atoms with Gasteiger partial charge >= 0.3 is 0 Å². The molecule has 0 saturated carbocycles. The van der Waals surface area contributed by atoms with Gasteiger partial charge in [-0.1, -0.05) is 34.6 Å². The topological polar surface area (TPSA) is 179 Å². The lowest BCUT2D eigenvalue weighted by atomic mass is 9.87. The third-order valence-electron chi connectivity index (χ3n) is 6.38. The van der Waals surface area contributed by atoms with Gasteiger partial charge in [0.15, 0.2) is 5.78 Å². The number of nitrogens with zero attached hydrogens (tertiary/aromatic N) is 1. The van der Waals surface area contributed by atoms with Gasteiger partial charge in [0.1, 0.15) is 6.04 Å². The van der Waals surface area contributed by atoms with Crippen LogP contribution in [0.4, 0.5) is 0 Å². The molecule has 1 aliphatic heterocycles. The Bertz CT molecular complexity index is 975. The quantitative estimate of drug-likeness (QED) is 0.104. The van der Waals surface area contributed by atoms with Gasteiger partial charge in [-0.3, -0.25) is 33.7 Å². The first kappa shape index (κ1) is 38.8. The van der Waals surface area contributed by atoms with Crippen LogP contribution in [-0.2, 0) is 47.7 Å². The molecule has 0 aromatic heterocycles. The Balaban J connectivity index is 1.99. The zero-order valence-electron chi connectivity index (χ0n) is 26.9. The van der Waals surface area contributed by atoms with E-state index in [1.165, 1.54) is 12.2 Å². The molecule has 0 bridgehead atoms. The number of carbonyl (C=O) groups excluding carboxylic acids is 6. The molecule has 14 heteroatoms. The van der Waals surface area contributed by atoms with Crippen molar-refractivity contribution in [2.75, 3.05) is 65.9 Å². The number of ether oxygens (including phenoxy) is 4. The van der Waals surface area contributed by atoms with Crippen molar-refractivity contribution in [2.24, 2.45) is 11.3 Å². The molecule has 0 aromatic rings. The number of carbonyl (C=O) groups is 6. The average molecular weight is 627 g/mol. The van der Waals surface area contributed by atoms with Crippen molar-refractivity contribution in [3.05, 3.63) is 12.2 Å². The molecule has 0 radical (unpaired) electrons. The van der Waals surface area contributed by atoms with E-state index in [1.54, 1.807) is 27.7 Å². The lowest BCUT2D eigenvalue weighted by molar-refractivity contribution is -0.137. The molecule has 1 aliphatic rings. The Labute approximate surface area is 259 Å². The number of hydrogen-bond acceptors (Lipinski definition) is 10. The second-order valence-electron chi connectivity index (χ2n) is 11.6. The van der Waals surface area contributed by atoms with Crippen molar-refractivity contribution in [1.82, 2.24) is 20.9 Å². The molecule has 0 aliphatic carbocycles. The van der Waals surface area contributed by atoms with Crippen LogP contribution in [0.25, 0.3) is 0 Å². The number of nitrogens with one attached hydrogen (secondary N) is 3. The summed E-state index contributed by atoms with van der Waals surface area (Å²) in [7, 11) is 0. The van der Waals surface area contributed by atoms with Crippen molar-refractivity contribution in [3.8, 4) is 0 Å². The Morgan fingerprint density at radius 3 is 1.73 bits per heavy atom. The lowest BCUT2D eigenvalue weighted by Gasteiger charge is -2.26. The number of amides is 5. The largest absolute Gasteiger partial charge is 0.379 e. The third kappa shape index (κ3) is 16.0. The van der Waals surface area contributed by atoms with Crippen LogP contribution in [-0.4, -0.2) is 118 Å². The van der Waals surface area contributed by atoms with Crippen LogP contribution in [0.3, 0.4) is 0 Å². The van der Waals surface area contributed by atoms with Gasteiger partial charge in [-0.2, -0.15) is 0 Å². The van der Waals surface area contributed by atoms with Gasteiger partial charge in [-0.05, 0) is 12.8 Å².